The molecule has 0 saturated heterocycles. The highest BCUT2D eigenvalue weighted by molar-refractivity contribution is 8.01. The van der Waals surface area contributed by atoms with Crippen LogP contribution in [0.3, 0.4) is 0 Å². The van der Waals surface area contributed by atoms with Gasteiger partial charge in [0.1, 0.15) is 5.01 Å². The Labute approximate surface area is 143 Å². The van der Waals surface area contributed by atoms with Crippen molar-refractivity contribution in [1.29, 1.82) is 0 Å². The van der Waals surface area contributed by atoms with Crippen molar-refractivity contribution in [2.45, 2.75) is 23.1 Å². The van der Waals surface area contributed by atoms with E-state index in [1.807, 2.05) is 37.4 Å². The largest absolute Gasteiger partial charge is 0.338 e. The van der Waals surface area contributed by atoms with Crippen LogP contribution in [0.1, 0.15) is 10.6 Å². The Bertz CT molecular complexity index is 816. The van der Waals surface area contributed by atoms with Gasteiger partial charge in [-0.05, 0) is 30.2 Å². The van der Waals surface area contributed by atoms with Gasteiger partial charge in [0.2, 0.25) is 5.91 Å². The van der Waals surface area contributed by atoms with E-state index >= 15 is 0 Å². The van der Waals surface area contributed by atoms with E-state index in [0.717, 1.165) is 16.9 Å². The first kappa shape index (κ1) is 14.7. The first-order valence-electron chi connectivity index (χ1n) is 7.55. The van der Waals surface area contributed by atoms with Gasteiger partial charge in [-0.3, -0.25) is 4.79 Å². The van der Waals surface area contributed by atoms with Crippen LogP contribution in [-0.4, -0.2) is 28.1 Å². The Hall–Kier alpha value is -1.85. The van der Waals surface area contributed by atoms with Crippen molar-refractivity contribution in [3.8, 4) is 0 Å². The van der Waals surface area contributed by atoms with Gasteiger partial charge in [0.25, 0.3) is 0 Å². The molecule has 2 heterocycles. The third kappa shape index (κ3) is 2.86. The fourth-order valence-electron chi connectivity index (χ4n) is 2.83. The van der Waals surface area contributed by atoms with Crippen LogP contribution in [0.2, 0.25) is 0 Å². The van der Waals surface area contributed by atoms with Crippen molar-refractivity contribution in [3.05, 3.63) is 59.1 Å². The van der Waals surface area contributed by atoms with Crippen molar-refractivity contribution in [2.24, 2.45) is 0 Å². The number of aromatic nitrogens is 1. The average molecular weight is 340 g/mol. The molecular formula is C18H16N2OS2. The summed E-state index contributed by atoms with van der Waals surface area (Å²) in [4.78, 5) is 20.4. The molecule has 116 valence electrons. The van der Waals surface area contributed by atoms with Gasteiger partial charge in [-0.25, -0.2) is 4.98 Å². The van der Waals surface area contributed by atoms with Crippen molar-refractivity contribution >= 4 is 39.2 Å². The molecule has 1 unspecified atom stereocenters. The summed E-state index contributed by atoms with van der Waals surface area (Å²) >= 11 is 3.34. The predicted molar refractivity (Wildman–Crippen MR) is 95.9 cm³/mol. The van der Waals surface area contributed by atoms with Crippen molar-refractivity contribution in [2.75, 3.05) is 7.05 Å². The van der Waals surface area contributed by atoms with Gasteiger partial charge < -0.3 is 4.90 Å². The number of thioether (sulfide) groups is 1. The number of fused-ring (bicyclic) bond motifs is 2. The molecule has 1 aliphatic heterocycles. The van der Waals surface area contributed by atoms with E-state index in [0.29, 0.717) is 6.54 Å². The normalized spacial score (nSPS) is 16.5. The van der Waals surface area contributed by atoms with E-state index in [-0.39, 0.29) is 11.2 Å². The van der Waals surface area contributed by atoms with E-state index in [1.54, 1.807) is 28.0 Å². The molecule has 1 aromatic heterocycles. The molecule has 0 spiro atoms. The highest BCUT2D eigenvalue weighted by Gasteiger charge is 2.30. The molecule has 5 heteroatoms. The molecule has 3 nitrogen and oxygen atoms in total. The standard InChI is InChI=1S/C18H16N2OS2/c1-20(11-17-19-13-7-3-5-9-15(13)23-17)18(21)16-10-12-6-2-4-8-14(12)22-16/h2-9,16H,10-11H2,1H3. The molecule has 1 aliphatic rings. The molecule has 2 aromatic carbocycles. The van der Waals surface area contributed by atoms with E-state index < -0.39 is 0 Å². The van der Waals surface area contributed by atoms with Crippen LogP contribution >= 0.6 is 23.1 Å². The fraction of sp³-hybridized carbons (Fsp3) is 0.222. The van der Waals surface area contributed by atoms with Gasteiger partial charge >= 0.3 is 0 Å². The summed E-state index contributed by atoms with van der Waals surface area (Å²) in [7, 11) is 1.87. The molecule has 4 rings (SSSR count). The van der Waals surface area contributed by atoms with Gasteiger partial charge in [0.05, 0.1) is 22.0 Å². The lowest BCUT2D eigenvalue weighted by atomic mass is 10.1. The van der Waals surface area contributed by atoms with Crippen LogP contribution in [0.15, 0.2) is 53.4 Å². The molecule has 1 amide bonds. The summed E-state index contributed by atoms with van der Waals surface area (Å²) < 4.78 is 1.17. The number of hydrogen-bond acceptors (Lipinski definition) is 4. The quantitative estimate of drug-likeness (QED) is 0.723. The monoisotopic (exact) mass is 340 g/mol. The number of thiazole rings is 1. The Morgan fingerprint density at radius 3 is 2.83 bits per heavy atom. The number of benzene rings is 2. The van der Waals surface area contributed by atoms with Crippen LogP contribution in [-0.2, 0) is 17.8 Å². The van der Waals surface area contributed by atoms with Gasteiger partial charge in [0, 0.05) is 11.9 Å². The van der Waals surface area contributed by atoms with E-state index in [1.165, 1.54) is 15.2 Å². The Morgan fingerprint density at radius 2 is 2.00 bits per heavy atom. The van der Waals surface area contributed by atoms with E-state index in [4.69, 9.17) is 0 Å². The van der Waals surface area contributed by atoms with Gasteiger partial charge in [0.15, 0.2) is 0 Å². The molecule has 1 atom stereocenters. The lowest BCUT2D eigenvalue weighted by Crippen LogP contribution is -2.34. The number of hydrogen-bond donors (Lipinski definition) is 0. The van der Waals surface area contributed by atoms with Crippen LogP contribution < -0.4 is 0 Å². The third-order valence-corrected chi connectivity index (χ3v) is 6.34. The maximum Gasteiger partial charge on any atom is 0.236 e. The second-order valence-corrected chi connectivity index (χ2v) is 8.05. The summed E-state index contributed by atoms with van der Waals surface area (Å²) in [6.45, 7) is 0.575. The average Bonchev–Trinajstić information content (AvgIpc) is 3.16. The highest BCUT2D eigenvalue weighted by Crippen LogP contribution is 2.37. The maximum absolute atomic E-state index is 12.7. The van der Waals surface area contributed by atoms with Crippen LogP contribution in [0.25, 0.3) is 10.2 Å². The maximum atomic E-state index is 12.7. The number of carbonyl (C=O) groups is 1. The topological polar surface area (TPSA) is 33.2 Å². The van der Waals surface area contributed by atoms with Crippen LogP contribution in [0, 0.1) is 0 Å². The first-order valence-corrected chi connectivity index (χ1v) is 9.24. The summed E-state index contributed by atoms with van der Waals surface area (Å²) in [6, 6.07) is 16.4. The molecule has 23 heavy (non-hydrogen) atoms. The second-order valence-electron chi connectivity index (χ2n) is 5.69. The summed E-state index contributed by atoms with van der Waals surface area (Å²) in [5, 5.41) is 0.981. The number of para-hydroxylation sites is 1. The third-order valence-electron chi connectivity index (χ3n) is 4.01. The van der Waals surface area contributed by atoms with Gasteiger partial charge in [-0.2, -0.15) is 0 Å². The summed E-state index contributed by atoms with van der Waals surface area (Å²) in [6.07, 6.45) is 0.823. The van der Waals surface area contributed by atoms with Crippen molar-refractivity contribution < 1.29 is 4.79 Å². The van der Waals surface area contributed by atoms with Gasteiger partial charge in [-0.1, -0.05) is 30.3 Å². The van der Waals surface area contributed by atoms with E-state index in [9.17, 15) is 4.79 Å². The molecule has 3 aromatic rings. The minimum atomic E-state index is -0.00761. The lowest BCUT2D eigenvalue weighted by Gasteiger charge is -2.19. The zero-order valence-electron chi connectivity index (χ0n) is 12.7. The number of nitrogens with zero attached hydrogens (tertiary/aromatic N) is 2. The lowest BCUT2D eigenvalue weighted by molar-refractivity contribution is -0.129. The number of rotatable bonds is 3. The second kappa shape index (κ2) is 5.98. The van der Waals surface area contributed by atoms with Gasteiger partial charge in [-0.15, -0.1) is 23.1 Å². The number of carbonyl (C=O) groups excluding carboxylic acids is 1. The first-order chi connectivity index (χ1) is 11.2. The van der Waals surface area contributed by atoms with Crippen molar-refractivity contribution in [1.82, 2.24) is 9.88 Å². The van der Waals surface area contributed by atoms with Crippen molar-refractivity contribution in [3.63, 3.8) is 0 Å². The molecule has 0 radical (unpaired) electrons. The highest BCUT2D eigenvalue weighted by atomic mass is 32.2. The molecule has 0 N–H and O–H groups in total. The van der Waals surface area contributed by atoms with Crippen LogP contribution in [0.4, 0.5) is 0 Å². The Morgan fingerprint density at radius 1 is 1.22 bits per heavy atom. The Balaban J connectivity index is 1.47. The number of amides is 1. The summed E-state index contributed by atoms with van der Waals surface area (Å²) in [5.41, 5.74) is 2.29. The minimum absolute atomic E-state index is 0.00761. The molecular weight excluding hydrogens is 324 g/mol. The molecule has 0 saturated carbocycles. The Kier molecular flexibility index (Phi) is 3.83. The predicted octanol–water partition coefficient (Wildman–Crippen LogP) is 3.97. The molecule has 0 bridgehead atoms. The smallest absolute Gasteiger partial charge is 0.236 e. The van der Waals surface area contributed by atoms with Crippen LogP contribution in [0.5, 0.6) is 0 Å². The SMILES string of the molecule is CN(Cc1nc2ccccc2s1)C(=O)C1Cc2ccccc2S1. The van der Waals surface area contributed by atoms with E-state index in [2.05, 4.69) is 23.2 Å². The zero-order valence-corrected chi connectivity index (χ0v) is 14.4. The fourth-order valence-corrected chi connectivity index (χ4v) is 5.16. The zero-order chi connectivity index (χ0) is 15.8. The molecule has 0 fully saturated rings. The minimum Gasteiger partial charge on any atom is -0.338 e. The summed E-state index contributed by atoms with van der Waals surface area (Å²) in [5.74, 6) is 0.186. The molecule has 0 aliphatic carbocycles.